The van der Waals surface area contributed by atoms with E-state index in [2.05, 4.69) is 38.9 Å². The summed E-state index contributed by atoms with van der Waals surface area (Å²) in [5.41, 5.74) is 1.21. The number of hydrogen-bond donors (Lipinski definition) is 0. The van der Waals surface area contributed by atoms with Crippen molar-refractivity contribution in [3.63, 3.8) is 0 Å². The highest BCUT2D eigenvalue weighted by Gasteiger charge is 2.19. The van der Waals surface area contributed by atoms with Crippen LogP contribution in [0.1, 0.15) is 42.8 Å². The van der Waals surface area contributed by atoms with Crippen molar-refractivity contribution in [1.29, 1.82) is 0 Å². The van der Waals surface area contributed by atoms with Gasteiger partial charge < -0.3 is 9.42 Å². The number of carbonyl (C=O) groups is 1. The van der Waals surface area contributed by atoms with E-state index in [9.17, 15) is 4.79 Å². The molecule has 3 heterocycles. The summed E-state index contributed by atoms with van der Waals surface area (Å²) >= 11 is 0. The quantitative estimate of drug-likeness (QED) is 0.634. The van der Waals surface area contributed by atoms with E-state index in [4.69, 9.17) is 4.52 Å². The average molecular weight is 366 g/mol. The van der Waals surface area contributed by atoms with E-state index in [1.807, 2.05) is 19.1 Å². The molecule has 3 rings (SSSR count). The molecule has 3 aromatic heterocycles. The SMILES string of the molecule is CCN(Cc1noc(CC(C)C)n1)C(=O)c1cnc(-c2cccnc2)nc1. The maximum atomic E-state index is 12.8. The lowest BCUT2D eigenvalue weighted by Gasteiger charge is -2.18. The van der Waals surface area contributed by atoms with Crippen LogP contribution in [0, 0.1) is 5.92 Å². The molecule has 0 atom stereocenters. The third-order valence-electron chi connectivity index (χ3n) is 3.91. The number of aromatic nitrogens is 5. The Morgan fingerprint density at radius 1 is 1.22 bits per heavy atom. The second-order valence-electron chi connectivity index (χ2n) is 6.56. The summed E-state index contributed by atoms with van der Waals surface area (Å²) in [4.78, 5) is 31.4. The van der Waals surface area contributed by atoms with Crippen molar-refractivity contribution in [3.05, 3.63) is 54.2 Å². The highest BCUT2D eigenvalue weighted by atomic mass is 16.5. The maximum Gasteiger partial charge on any atom is 0.257 e. The van der Waals surface area contributed by atoms with Crippen LogP contribution in [0.3, 0.4) is 0 Å². The minimum Gasteiger partial charge on any atom is -0.339 e. The molecular weight excluding hydrogens is 344 g/mol. The van der Waals surface area contributed by atoms with Gasteiger partial charge in [-0.3, -0.25) is 9.78 Å². The Labute approximate surface area is 157 Å². The van der Waals surface area contributed by atoms with E-state index in [1.165, 1.54) is 12.4 Å². The molecule has 0 saturated carbocycles. The molecule has 1 amide bonds. The largest absolute Gasteiger partial charge is 0.339 e. The number of pyridine rings is 1. The van der Waals surface area contributed by atoms with Crippen molar-refractivity contribution in [3.8, 4) is 11.4 Å². The van der Waals surface area contributed by atoms with Gasteiger partial charge in [0.2, 0.25) is 5.89 Å². The normalized spacial score (nSPS) is 11.0. The summed E-state index contributed by atoms with van der Waals surface area (Å²) in [6.45, 7) is 6.86. The number of rotatable bonds is 7. The standard InChI is InChI=1S/C19H22N6O2/c1-4-25(12-16-23-17(27-24-16)8-13(2)3)19(26)15-10-21-18(22-11-15)14-6-5-7-20-9-14/h5-7,9-11,13H,4,8,12H2,1-3H3. The maximum absolute atomic E-state index is 12.8. The highest BCUT2D eigenvalue weighted by molar-refractivity contribution is 5.93. The van der Waals surface area contributed by atoms with Gasteiger partial charge in [-0.25, -0.2) is 9.97 Å². The molecule has 8 heteroatoms. The molecule has 27 heavy (non-hydrogen) atoms. The Hall–Kier alpha value is -3.16. The van der Waals surface area contributed by atoms with Gasteiger partial charge in [0.15, 0.2) is 11.6 Å². The Balaban J connectivity index is 1.70. The van der Waals surface area contributed by atoms with Crippen molar-refractivity contribution in [2.45, 2.75) is 33.7 Å². The summed E-state index contributed by atoms with van der Waals surface area (Å²) in [5, 5.41) is 3.97. The first kappa shape index (κ1) is 18.6. The minimum absolute atomic E-state index is 0.176. The van der Waals surface area contributed by atoms with Crippen LogP contribution in [0.2, 0.25) is 0 Å². The van der Waals surface area contributed by atoms with Crippen molar-refractivity contribution in [2.24, 2.45) is 5.92 Å². The number of nitrogens with zero attached hydrogens (tertiary/aromatic N) is 6. The topological polar surface area (TPSA) is 97.9 Å². The summed E-state index contributed by atoms with van der Waals surface area (Å²) in [5.74, 6) is 1.86. The fourth-order valence-corrected chi connectivity index (χ4v) is 2.55. The van der Waals surface area contributed by atoms with Crippen LogP contribution < -0.4 is 0 Å². The van der Waals surface area contributed by atoms with Gasteiger partial charge in [-0.1, -0.05) is 19.0 Å². The molecule has 140 valence electrons. The van der Waals surface area contributed by atoms with Crippen molar-refractivity contribution < 1.29 is 9.32 Å². The molecule has 0 aliphatic rings. The summed E-state index contributed by atoms with van der Waals surface area (Å²) in [6.07, 6.45) is 7.14. The molecule has 0 aromatic carbocycles. The summed E-state index contributed by atoms with van der Waals surface area (Å²) in [7, 11) is 0. The van der Waals surface area contributed by atoms with Crippen LogP contribution >= 0.6 is 0 Å². The summed E-state index contributed by atoms with van der Waals surface area (Å²) < 4.78 is 5.24. The monoisotopic (exact) mass is 366 g/mol. The highest BCUT2D eigenvalue weighted by Crippen LogP contribution is 2.14. The van der Waals surface area contributed by atoms with Gasteiger partial charge in [0.05, 0.1) is 12.1 Å². The van der Waals surface area contributed by atoms with Gasteiger partial charge in [-0.2, -0.15) is 4.98 Å². The van der Waals surface area contributed by atoms with Crippen molar-refractivity contribution in [1.82, 2.24) is 30.0 Å². The predicted molar refractivity (Wildman–Crippen MR) is 98.5 cm³/mol. The fourth-order valence-electron chi connectivity index (χ4n) is 2.55. The molecule has 0 aliphatic carbocycles. The lowest BCUT2D eigenvalue weighted by Crippen LogP contribution is -2.31. The average Bonchev–Trinajstić information content (AvgIpc) is 3.12. The lowest BCUT2D eigenvalue weighted by atomic mass is 10.1. The van der Waals surface area contributed by atoms with Crippen LogP contribution in [0.25, 0.3) is 11.4 Å². The van der Waals surface area contributed by atoms with Crippen LogP contribution in [0.4, 0.5) is 0 Å². The summed E-state index contributed by atoms with van der Waals surface area (Å²) in [6, 6.07) is 3.68. The molecule has 3 aromatic rings. The van der Waals surface area contributed by atoms with E-state index in [0.717, 1.165) is 12.0 Å². The number of amides is 1. The molecular formula is C19H22N6O2. The first-order valence-electron chi connectivity index (χ1n) is 8.90. The fraction of sp³-hybridized carbons (Fsp3) is 0.368. The zero-order valence-corrected chi connectivity index (χ0v) is 15.7. The Morgan fingerprint density at radius 2 is 2.00 bits per heavy atom. The van der Waals surface area contributed by atoms with E-state index in [-0.39, 0.29) is 12.5 Å². The lowest BCUT2D eigenvalue weighted by molar-refractivity contribution is 0.0746. The third kappa shape index (κ3) is 4.72. The Bertz CT molecular complexity index is 877. The molecule has 0 spiro atoms. The molecule has 0 aliphatic heterocycles. The van der Waals surface area contributed by atoms with Gasteiger partial charge in [0.25, 0.3) is 5.91 Å². The van der Waals surface area contributed by atoms with E-state index in [0.29, 0.717) is 35.6 Å². The van der Waals surface area contributed by atoms with Crippen LogP contribution in [0.15, 0.2) is 41.4 Å². The third-order valence-corrected chi connectivity index (χ3v) is 3.91. The van der Waals surface area contributed by atoms with E-state index < -0.39 is 0 Å². The first-order valence-corrected chi connectivity index (χ1v) is 8.90. The zero-order chi connectivity index (χ0) is 19.2. The predicted octanol–water partition coefficient (Wildman–Crippen LogP) is 2.78. The molecule has 0 unspecified atom stereocenters. The van der Waals surface area contributed by atoms with Crippen molar-refractivity contribution in [2.75, 3.05) is 6.54 Å². The molecule has 0 radical (unpaired) electrons. The Kier molecular flexibility index (Phi) is 5.85. The molecule has 0 bridgehead atoms. The van der Waals surface area contributed by atoms with E-state index in [1.54, 1.807) is 17.3 Å². The molecule has 0 N–H and O–H groups in total. The van der Waals surface area contributed by atoms with Gasteiger partial charge in [0, 0.05) is 43.3 Å². The van der Waals surface area contributed by atoms with Crippen molar-refractivity contribution >= 4 is 5.91 Å². The second kappa shape index (κ2) is 8.48. The minimum atomic E-state index is -0.176. The van der Waals surface area contributed by atoms with Gasteiger partial charge in [-0.05, 0) is 25.0 Å². The van der Waals surface area contributed by atoms with Crippen LogP contribution in [-0.2, 0) is 13.0 Å². The van der Waals surface area contributed by atoms with Gasteiger partial charge in [0.1, 0.15) is 0 Å². The Morgan fingerprint density at radius 3 is 2.63 bits per heavy atom. The van der Waals surface area contributed by atoms with E-state index >= 15 is 0 Å². The first-order chi connectivity index (χ1) is 13.1. The zero-order valence-electron chi connectivity index (χ0n) is 15.7. The van der Waals surface area contributed by atoms with Gasteiger partial charge in [-0.15, -0.1) is 0 Å². The van der Waals surface area contributed by atoms with Gasteiger partial charge >= 0.3 is 0 Å². The second-order valence-corrected chi connectivity index (χ2v) is 6.56. The number of carbonyl (C=O) groups excluding carboxylic acids is 1. The molecule has 8 nitrogen and oxygen atoms in total. The van der Waals surface area contributed by atoms with Crippen LogP contribution in [0.5, 0.6) is 0 Å². The van der Waals surface area contributed by atoms with Crippen LogP contribution in [-0.4, -0.2) is 42.4 Å². The smallest absolute Gasteiger partial charge is 0.257 e. The molecule has 0 saturated heterocycles. The number of hydrogen-bond acceptors (Lipinski definition) is 7. The molecule has 0 fully saturated rings.